The number of hydrogen-bond acceptors (Lipinski definition) is 27. The van der Waals surface area contributed by atoms with Gasteiger partial charge in [-0.25, -0.2) is 18.4 Å². The van der Waals surface area contributed by atoms with Crippen LogP contribution in [0.25, 0.3) is 10.8 Å². The number of anilines is 3. The van der Waals surface area contributed by atoms with Crippen LogP contribution in [0.3, 0.4) is 0 Å². The number of halogens is 2. The average molecular weight is 1210 g/mol. The molecule has 7 N–H and O–H groups in total. The van der Waals surface area contributed by atoms with Crippen LogP contribution in [0.4, 0.5) is 51.7 Å². The Morgan fingerprint density at radius 2 is 1.04 bits per heavy atom. The van der Waals surface area contributed by atoms with E-state index >= 15 is 0 Å². The predicted octanol–water partition coefficient (Wildman–Crippen LogP) is -8.36. The number of aromatic amines is 2. The summed E-state index contributed by atoms with van der Waals surface area (Å²) in [4.78, 5) is 34.2. The molecule has 6 rings (SSSR count). The number of nitrogen functional groups attached to an aromatic ring is 1. The van der Waals surface area contributed by atoms with Crippen molar-refractivity contribution in [1.82, 2.24) is 29.9 Å². The van der Waals surface area contributed by atoms with Gasteiger partial charge in [0.1, 0.15) is 41.9 Å². The summed E-state index contributed by atoms with van der Waals surface area (Å²) in [5.41, 5.74) is 0.0207. The Labute approximate surface area is 521 Å². The summed E-state index contributed by atoms with van der Waals surface area (Å²) < 4.78 is 144. The van der Waals surface area contributed by atoms with Gasteiger partial charge in [0.2, 0.25) is 33.7 Å². The zero-order chi connectivity index (χ0) is 54.8. The maximum absolute atomic E-state index is 14.3. The summed E-state index contributed by atoms with van der Waals surface area (Å²) in [5.74, 6) is -2.76. The van der Waals surface area contributed by atoms with Crippen LogP contribution in [0.15, 0.2) is 109 Å². The first kappa shape index (κ1) is 66.8. The molecule has 392 valence electrons. The van der Waals surface area contributed by atoms with Crippen LogP contribution in [0, 0.1) is 0 Å². The second-order valence-corrected chi connectivity index (χ2v) is 20.8. The van der Waals surface area contributed by atoms with E-state index in [4.69, 9.17) is 28.9 Å². The SMILES string of the molecule is CN=C([O-])CN(C)c1nc(Cl)nc(=Nc2ccc(S(=O)(=O)[O-])c(N=Nc3c(S(=O)(=O)O)cc4cc(S(=O)(=O)O)c(N=Nc5cc(N=c6nc(Cl)nc(N(C)CC([O-])=NC)[nH]6)ccc5S(=O)(=O)O)c([O-])c4c3N)c2)[nH]1.[K+].[Li+].[Na+]. The third-order valence-corrected chi connectivity index (χ3v) is 13.3. The summed E-state index contributed by atoms with van der Waals surface area (Å²) in [5, 5.41) is 50.2. The maximum atomic E-state index is 14.3. The number of fused-ring (bicyclic) bond motifs is 1. The fourth-order valence-corrected chi connectivity index (χ4v) is 8.99. The Bertz CT molecular complexity index is 3790. The fraction of sp³-hybridized carbons (Fsp3) is 0.167. The molecule has 0 radical (unpaired) electrons. The van der Waals surface area contributed by atoms with Crippen molar-refractivity contribution in [1.29, 1.82) is 0 Å². The monoisotopic (exact) mass is 1210 g/mol. The molecule has 4 aromatic carbocycles. The molecule has 0 atom stereocenters. The zero-order valence-electron chi connectivity index (χ0n) is 40.5. The van der Waals surface area contributed by atoms with E-state index in [1.807, 2.05) is 0 Å². The van der Waals surface area contributed by atoms with Crippen molar-refractivity contribution < 1.29 is 167 Å². The number of rotatable bonds is 16. The largest absolute Gasteiger partial charge is 1.00 e. The molecule has 2 aromatic heterocycles. The molecule has 41 heteroatoms. The number of azo groups is 2. The van der Waals surface area contributed by atoms with E-state index < -0.39 is 117 Å². The first-order chi connectivity index (χ1) is 34.4. The van der Waals surface area contributed by atoms with Gasteiger partial charge in [-0.1, -0.05) is 5.75 Å². The van der Waals surface area contributed by atoms with E-state index in [-0.39, 0.29) is 158 Å². The first-order valence-electron chi connectivity index (χ1n) is 19.5. The molecule has 2 heterocycles. The van der Waals surface area contributed by atoms with E-state index in [2.05, 4.69) is 70.3 Å². The van der Waals surface area contributed by atoms with Crippen molar-refractivity contribution in [2.24, 2.45) is 40.4 Å². The smallest absolute Gasteiger partial charge is 0.870 e. The van der Waals surface area contributed by atoms with Gasteiger partial charge < -0.3 is 45.4 Å². The number of nitrogens with zero attached hydrogens (tertiary/aromatic N) is 14. The number of aliphatic imine (C=N–C) groups is 2. The van der Waals surface area contributed by atoms with Gasteiger partial charge in [-0.15, -0.1) is 20.5 Å². The van der Waals surface area contributed by atoms with E-state index in [1.165, 1.54) is 38.0 Å². The molecule has 32 nitrogen and oxygen atoms in total. The molecule has 0 aliphatic rings. The summed E-state index contributed by atoms with van der Waals surface area (Å²) >= 11 is 12.1. The quantitative estimate of drug-likeness (QED) is 0.0131. The number of nitrogens with one attached hydrogen (secondary N) is 2. The van der Waals surface area contributed by atoms with Gasteiger partial charge in [-0.05, 0) is 88.9 Å². The summed E-state index contributed by atoms with van der Waals surface area (Å²) in [6.07, 6.45) is 0. The first-order valence-corrected chi connectivity index (χ1v) is 26.0. The van der Waals surface area contributed by atoms with Gasteiger partial charge >= 0.3 is 99.8 Å². The molecular formula is C36H31Cl2KLiN17NaO15S4-. The van der Waals surface area contributed by atoms with Crippen molar-refractivity contribution in [3.05, 3.63) is 70.3 Å². The minimum absolute atomic E-state index is 0. The van der Waals surface area contributed by atoms with Crippen LogP contribution in [-0.2, 0) is 40.5 Å². The number of H-pyrrole nitrogens is 2. The Morgan fingerprint density at radius 3 is 1.44 bits per heavy atom. The molecule has 0 aliphatic heterocycles. The average Bonchev–Trinajstić information content (AvgIpc) is 3.28. The second kappa shape index (κ2) is 26.7. The Balaban J connectivity index is 0.00000520. The van der Waals surface area contributed by atoms with Gasteiger partial charge in [0.05, 0.1) is 27.6 Å². The number of nitrogens with two attached hydrogens (primary N) is 1. The van der Waals surface area contributed by atoms with Crippen molar-refractivity contribution in [3.8, 4) is 5.75 Å². The van der Waals surface area contributed by atoms with Gasteiger partial charge in [-0.2, -0.15) is 45.2 Å². The second-order valence-electron chi connectivity index (χ2n) is 14.6. The number of benzene rings is 4. The van der Waals surface area contributed by atoms with Crippen LogP contribution in [0.1, 0.15) is 0 Å². The zero-order valence-corrected chi connectivity index (χ0v) is 50.4. The minimum Gasteiger partial charge on any atom is -0.870 e. The molecule has 0 amide bonds. The summed E-state index contributed by atoms with van der Waals surface area (Å²) in [7, 11) is -16.3. The van der Waals surface area contributed by atoms with Gasteiger partial charge in [-0.3, -0.25) is 23.6 Å². The molecule has 0 spiro atoms. The summed E-state index contributed by atoms with van der Waals surface area (Å²) in [6, 6.07) is 6.08. The Kier molecular flexibility index (Phi) is 23.2. The Morgan fingerprint density at radius 1 is 0.649 bits per heavy atom. The molecule has 77 heavy (non-hydrogen) atoms. The summed E-state index contributed by atoms with van der Waals surface area (Å²) in [6.45, 7) is -0.526. The van der Waals surface area contributed by atoms with Crippen LogP contribution in [-0.4, -0.2) is 135 Å². The number of hydrogen-bond donors (Lipinski definition) is 6. The van der Waals surface area contributed by atoms with Crippen LogP contribution in [0.5, 0.6) is 5.75 Å². The third-order valence-electron chi connectivity index (χ3n) is 9.48. The molecular weight excluding hydrogens is 1180 g/mol. The van der Waals surface area contributed by atoms with Crippen molar-refractivity contribution in [3.63, 3.8) is 0 Å². The van der Waals surface area contributed by atoms with Crippen LogP contribution >= 0.6 is 23.2 Å². The van der Waals surface area contributed by atoms with Gasteiger partial charge in [0.15, 0.2) is 0 Å². The maximum Gasteiger partial charge on any atom is 1.00 e. The van der Waals surface area contributed by atoms with Crippen molar-refractivity contribution >= 4 is 138 Å². The van der Waals surface area contributed by atoms with E-state index in [0.717, 1.165) is 36.4 Å². The van der Waals surface area contributed by atoms with Crippen LogP contribution in [0.2, 0.25) is 10.6 Å². The van der Waals surface area contributed by atoms with Crippen molar-refractivity contribution in [2.45, 2.75) is 19.6 Å². The molecule has 0 saturated carbocycles. The molecule has 0 bridgehead atoms. The minimum atomic E-state index is -5.57. The molecule has 0 fully saturated rings. The topological polar surface area (TPSA) is 504 Å². The van der Waals surface area contributed by atoms with E-state index in [0.29, 0.717) is 12.1 Å². The van der Waals surface area contributed by atoms with E-state index in [9.17, 15) is 67.2 Å². The van der Waals surface area contributed by atoms with Gasteiger partial charge in [0, 0.05) is 46.7 Å². The Hall–Kier alpha value is -4.45. The predicted molar refractivity (Wildman–Crippen MR) is 253 cm³/mol. The standard InChI is InChI=1S/C36H35Cl2N17O15S4.K.Li.Na/c1-40-24(56)13-54(3)35-46-31(37)44-33(48-35)42-16-5-7-20(71(59,60)61)18(11-16)50-52-28-22(73(65,66)67)9-15-10-23(74(68,69)70)29(30(58)26(15)27(28)39)53-51-19-12-17(6-8-21(19)72(62,63)64)43-34-45-32(38)47-36(49-34)55(4)14-25(57)41-2;;;/h5-12,58H,13-14,39H2,1-4H3,(H,40,56)(H,41,57)(H,59,60,61)(H,62,63,64)(H,65,66,67)(H,68,69,70)(H,42,44,46,48)(H,43,45,47,49);;;/q;3*+1/p-4. The van der Waals surface area contributed by atoms with Crippen LogP contribution < -0.4 is 142 Å². The van der Waals surface area contributed by atoms with Crippen molar-refractivity contribution in [2.75, 3.05) is 56.8 Å². The normalized spacial score (nSPS) is 13.2. The number of aromatic nitrogens is 6. The fourth-order valence-electron chi connectivity index (χ4n) is 6.15. The molecule has 6 aromatic rings. The van der Waals surface area contributed by atoms with Gasteiger partial charge in [0.25, 0.3) is 30.4 Å². The van der Waals surface area contributed by atoms with E-state index in [1.54, 1.807) is 0 Å². The molecule has 0 aliphatic carbocycles. The number of likely N-dealkylation sites (N-methyl/N-ethyl adjacent to an activating group) is 2. The molecule has 0 unspecified atom stereocenters. The third kappa shape index (κ3) is 16.8. The molecule has 0 saturated heterocycles.